The van der Waals surface area contributed by atoms with Crippen LogP contribution in [0.3, 0.4) is 0 Å². The van der Waals surface area contributed by atoms with Gasteiger partial charge in [0.15, 0.2) is 0 Å². The van der Waals surface area contributed by atoms with Crippen LogP contribution in [0.4, 0.5) is 0 Å². The van der Waals surface area contributed by atoms with Crippen molar-refractivity contribution in [2.75, 3.05) is 26.2 Å². The molecule has 3 rings (SSSR count). The van der Waals surface area contributed by atoms with Gasteiger partial charge in [-0.05, 0) is 76.1 Å². The summed E-state index contributed by atoms with van der Waals surface area (Å²) in [6.07, 6.45) is 2.60. The van der Waals surface area contributed by atoms with Gasteiger partial charge in [0.05, 0.1) is 3.57 Å². The Hall–Kier alpha value is 0.980. The number of phenolic OH excluding ortho intramolecular Hbond substituents is 1. The summed E-state index contributed by atoms with van der Waals surface area (Å²) in [5, 5.41) is 13.9. The molecule has 21 heavy (non-hydrogen) atoms. The second kappa shape index (κ2) is 8.73. The first kappa shape index (κ1) is 20.0. The van der Waals surface area contributed by atoms with Gasteiger partial charge in [0.2, 0.25) is 0 Å². The molecular weight excluding hydrogens is 537 g/mol. The van der Waals surface area contributed by atoms with E-state index in [-0.39, 0.29) is 24.8 Å². The number of piperazine rings is 1. The van der Waals surface area contributed by atoms with Crippen LogP contribution in [0.15, 0.2) is 12.1 Å². The highest BCUT2D eigenvalue weighted by molar-refractivity contribution is 14.1. The van der Waals surface area contributed by atoms with Crippen LogP contribution < -0.4 is 5.32 Å². The Morgan fingerprint density at radius 3 is 2.33 bits per heavy atom. The van der Waals surface area contributed by atoms with Crippen molar-refractivity contribution < 1.29 is 5.11 Å². The van der Waals surface area contributed by atoms with E-state index in [4.69, 9.17) is 0 Å². The zero-order chi connectivity index (χ0) is 13.4. The van der Waals surface area contributed by atoms with Gasteiger partial charge in [-0.3, -0.25) is 4.90 Å². The minimum absolute atomic E-state index is 0. The molecule has 1 aromatic carbocycles. The fourth-order valence-corrected chi connectivity index (χ4v) is 4.82. The van der Waals surface area contributed by atoms with Gasteiger partial charge in [0.25, 0.3) is 0 Å². The molecule has 1 heterocycles. The number of hydrogen-bond acceptors (Lipinski definition) is 3. The molecule has 1 saturated carbocycles. The highest BCUT2D eigenvalue weighted by Crippen LogP contribution is 2.48. The zero-order valence-corrected chi connectivity index (χ0v) is 17.5. The molecule has 7 heteroatoms. The predicted octanol–water partition coefficient (Wildman–Crippen LogP) is 3.80. The van der Waals surface area contributed by atoms with Crippen molar-refractivity contribution in [1.29, 1.82) is 0 Å². The van der Waals surface area contributed by atoms with Crippen LogP contribution in [-0.2, 0) is 0 Å². The molecule has 0 amide bonds. The lowest BCUT2D eigenvalue weighted by molar-refractivity contribution is 0.153. The van der Waals surface area contributed by atoms with E-state index in [0.29, 0.717) is 11.8 Å². The summed E-state index contributed by atoms with van der Waals surface area (Å²) in [7, 11) is 0. The molecule has 1 atom stereocenters. The third-order valence-corrected chi connectivity index (χ3v) is 5.43. The van der Waals surface area contributed by atoms with E-state index in [9.17, 15) is 5.11 Å². The SMILES string of the molecule is Cl.Cl.Oc1c(I)cc(I)cc1[C@H](C1CC1)N1CCNCC1. The normalized spacial score (nSPS) is 20.3. The third-order valence-electron chi connectivity index (χ3n) is 3.99. The summed E-state index contributed by atoms with van der Waals surface area (Å²) in [6, 6.07) is 4.62. The molecule has 120 valence electrons. The van der Waals surface area contributed by atoms with Crippen LogP contribution in [0, 0.1) is 13.1 Å². The summed E-state index contributed by atoms with van der Waals surface area (Å²) in [5.74, 6) is 1.23. The van der Waals surface area contributed by atoms with Crippen LogP contribution in [0.25, 0.3) is 0 Å². The molecule has 2 aliphatic rings. The minimum Gasteiger partial charge on any atom is -0.506 e. The van der Waals surface area contributed by atoms with Gasteiger partial charge >= 0.3 is 0 Å². The Balaban J connectivity index is 0.00000110. The second-order valence-corrected chi connectivity index (χ2v) is 7.80. The second-order valence-electron chi connectivity index (χ2n) is 5.39. The van der Waals surface area contributed by atoms with Gasteiger partial charge in [-0.2, -0.15) is 0 Å². The molecule has 0 bridgehead atoms. The van der Waals surface area contributed by atoms with E-state index in [1.54, 1.807) is 0 Å². The minimum atomic E-state index is 0. The van der Waals surface area contributed by atoms with Crippen molar-refractivity contribution in [3.8, 4) is 5.75 Å². The highest BCUT2D eigenvalue weighted by Gasteiger charge is 2.38. The molecule has 0 unspecified atom stereocenters. The molecule has 0 radical (unpaired) electrons. The number of aromatic hydroxyl groups is 1. The van der Waals surface area contributed by atoms with E-state index in [1.807, 2.05) is 6.07 Å². The number of nitrogens with zero attached hydrogens (tertiary/aromatic N) is 1. The molecule has 0 spiro atoms. The quantitative estimate of drug-likeness (QED) is 0.556. The topological polar surface area (TPSA) is 35.5 Å². The smallest absolute Gasteiger partial charge is 0.133 e. The number of rotatable bonds is 3. The Kier molecular flexibility index (Phi) is 8.32. The third kappa shape index (κ3) is 4.73. The number of nitrogens with one attached hydrogen (secondary N) is 1. The molecule has 1 aromatic rings. The standard InChI is InChI=1S/C14H18I2N2O.2ClH/c15-10-7-11(14(19)12(16)8-10)13(9-1-2-9)18-5-3-17-4-6-18;;/h7-9,13,17,19H,1-6H2;2*1H/t13-;;/m0../s1. The van der Waals surface area contributed by atoms with Gasteiger partial charge in [0, 0.05) is 41.4 Å². The van der Waals surface area contributed by atoms with Crippen molar-refractivity contribution in [3.05, 3.63) is 24.8 Å². The average molecular weight is 557 g/mol. The van der Waals surface area contributed by atoms with Gasteiger partial charge in [-0.15, -0.1) is 24.8 Å². The van der Waals surface area contributed by atoms with E-state index < -0.39 is 0 Å². The molecule has 2 N–H and O–H groups in total. The van der Waals surface area contributed by atoms with Crippen LogP contribution in [0.1, 0.15) is 24.4 Å². The largest absolute Gasteiger partial charge is 0.506 e. The first-order valence-electron chi connectivity index (χ1n) is 6.79. The van der Waals surface area contributed by atoms with Crippen LogP contribution >= 0.6 is 70.0 Å². The first-order valence-corrected chi connectivity index (χ1v) is 8.95. The maximum absolute atomic E-state index is 10.4. The van der Waals surface area contributed by atoms with E-state index in [1.165, 1.54) is 16.4 Å². The summed E-state index contributed by atoms with van der Waals surface area (Å²) in [6.45, 7) is 4.29. The predicted molar refractivity (Wildman–Crippen MR) is 108 cm³/mol. The van der Waals surface area contributed by atoms with Gasteiger partial charge < -0.3 is 10.4 Å². The van der Waals surface area contributed by atoms with Gasteiger partial charge in [-0.25, -0.2) is 0 Å². The monoisotopic (exact) mass is 556 g/mol. The average Bonchev–Trinajstić information content (AvgIpc) is 3.21. The van der Waals surface area contributed by atoms with Crippen molar-refractivity contribution in [1.82, 2.24) is 10.2 Å². The molecule has 1 aliphatic heterocycles. The highest BCUT2D eigenvalue weighted by atomic mass is 127. The van der Waals surface area contributed by atoms with Crippen LogP contribution in [-0.4, -0.2) is 36.2 Å². The van der Waals surface area contributed by atoms with Crippen molar-refractivity contribution in [2.45, 2.75) is 18.9 Å². The van der Waals surface area contributed by atoms with E-state index >= 15 is 0 Å². The molecule has 1 saturated heterocycles. The van der Waals surface area contributed by atoms with Gasteiger partial charge in [-0.1, -0.05) is 0 Å². The number of hydrogen-bond donors (Lipinski definition) is 2. The lowest BCUT2D eigenvalue weighted by Crippen LogP contribution is -2.45. The maximum Gasteiger partial charge on any atom is 0.133 e. The number of phenols is 1. The Morgan fingerprint density at radius 1 is 1.14 bits per heavy atom. The Labute approximate surface area is 165 Å². The number of benzene rings is 1. The molecule has 0 aromatic heterocycles. The zero-order valence-electron chi connectivity index (χ0n) is 11.5. The van der Waals surface area contributed by atoms with Crippen LogP contribution in [0.2, 0.25) is 0 Å². The number of halogens is 4. The summed E-state index contributed by atoms with van der Waals surface area (Å²) in [5.41, 5.74) is 1.14. The maximum atomic E-state index is 10.4. The van der Waals surface area contributed by atoms with E-state index in [2.05, 4.69) is 61.5 Å². The Bertz CT molecular complexity index is 480. The molecular formula is C14H20Cl2I2N2O. The lowest BCUT2D eigenvalue weighted by Gasteiger charge is -2.36. The van der Waals surface area contributed by atoms with Gasteiger partial charge in [0.1, 0.15) is 5.75 Å². The van der Waals surface area contributed by atoms with E-state index in [0.717, 1.165) is 41.2 Å². The summed E-state index contributed by atoms with van der Waals surface area (Å²) < 4.78 is 2.19. The van der Waals surface area contributed by atoms with Crippen molar-refractivity contribution >= 4 is 70.0 Å². The molecule has 3 nitrogen and oxygen atoms in total. The molecule has 2 fully saturated rings. The lowest BCUT2D eigenvalue weighted by atomic mass is 9.99. The summed E-state index contributed by atoms with van der Waals surface area (Å²) >= 11 is 4.59. The van der Waals surface area contributed by atoms with Crippen LogP contribution in [0.5, 0.6) is 5.75 Å². The first-order chi connectivity index (χ1) is 9.16. The Morgan fingerprint density at radius 2 is 1.76 bits per heavy atom. The van der Waals surface area contributed by atoms with Crippen molar-refractivity contribution in [2.24, 2.45) is 5.92 Å². The fraction of sp³-hybridized carbons (Fsp3) is 0.571. The summed E-state index contributed by atoms with van der Waals surface area (Å²) in [4.78, 5) is 2.55. The van der Waals surface area contributed by atoms with Crippen molar-refractivity contribution in [3.63, 3.8) is 0 Å². The molecule has 1 aliphatic carbocycles. The fourth-order valence-electron chi connectivity index (χ4n) is 2.93.